The summed E-state index contributed by atoms with van der Waals surface area (Å²) in [4.78, 5) is 33.4. The summed E-state index contributed by atoms with van der Waals surface area (Å²) >= 11 is 0.946. The van der Waals surface area contributed by atoms with E-state index in [9.17, 15) is 14.4 Å². The van der Waals surface area contributed by atoms with Crippen LogP contribution in [0.2, 0.25) is 0 Å². The van der Waals surface area contributed by atoms with E-state index < -0.39 is 35.7 Å². The van der Waals surface area contributed by atoms with Gasteiger partial charge in [-0.15, -0.1) is 11.8 Å². The molecule has 0 spiro atoms. The molecule has 20 heavy (non-hydrogen) atoms. The lowest BCUT2D eigenvalue weighted by molar-refractivity contribution is -0.144. The van der Waals surface area contributed by atoms with Crippen molar-refractivity contribution >= 4 is 29.6 Å². The van der Waals surface area contributed by atoms with E-state index in [1.54, 1.807) is 0 Å². The molecule has 116 valence electrons. The molecule has 3 N–H and O–H groups in total. The molecule has 1 unspecified atom stereocenters. The molecule has 0 aliphatic carbocycles. The minimum absolute atomic E-state index is 0.0248. The summed E-state index contributed by atoms with van der Waals surface area (Å²) in [5.41, 5.74) is 0. The first-order chi connectivity index (χ1) is 9.42. The highest BCUT2D eigenvalue weighted by Crippen LogP contribution is 2.14. The van der Waals surface area contributed by atoms with E-state index in [4.69, 9.17) is 14.9 Å². The first kappa shape index (κ1) is 18.7. The molecule has 0 bridgehead atoms. The van der Waals surface area contributed by atoms with Gasteiger partial charge in [-0.1, -0.05) is 13.3 Å². The van der Waals surface area contributed by atoms with Crippen LogP contribution in [-0.4, -0.2) is 58.3 Å². The standard InChI is InChI=1S/C12H21NO6S/c1-3-4-5-19-12(18)10(6-14)20-7-9(11(16)17)13-8(2)15/h9-10,14H,3-7H2,1-2H3,(H,13,15)(H,16,17)/t9-,10?/m0/s1. The van der Waals surface area contributed by atoms with E-state index in [-0.39, 0.29) is 12.4 Å². The van der Waals surface area contributed by atoms with Crippen LogP contribution in [0, 0.1) is 0 Å². The highest BCUT2D eigenvalue weighted by atomic mass is 32.2. The van der Waals surface area contributed by atoms with Crippen LogP contribution in [0.25, 0.3) is 0 Å². The van der Waals surface area contributed by atoms with Gasteiger partial charge in [-0.05, 0) is 6.42 Å². The van der Waals surface area contributed by atoms with Crippen LogP contribution >= 0.6 is 11.8 Å². The van der Waals surface area contributed by atoms with Crippen molar-refractivity contribution in [2.24, 2.45) is 0 Å². The van der Waals surface area contributed by atoms with Crippen molar-refractivity contribution in [2.45, 2.75) is 38.0 Å². The van der Waals surface area contributed by atoms with Crippen LogP contribution in [0.1, 0.15) is 26.7 Å². The highest BCUT2D eigenvalue weighted by molar-refractivity contribution is 8.00. The molecular weight excluding hydrogens is 286 g/mol. The van der Waals surface area contributed by atoms with Crippen LogP contribution in [0.4, 0.5) is 0 Å². The van der Waals surface area contributed by atoms with Crippen molar-refractivity contribution in [3.05, 3.63) is 0 Å². The number of carbonyl (C=O) groups excluding carboxylic acids is 2. The van der Waals surface area contributed by atoms with Gasteiger partial charge in [0, 0.05) is 12.7 Å². The molecule has 8 heteroatoms. The SMILES string of the molecule is CCCCOC(=O)C(CO)SC[C@H](NC(C)=O)C(=O)O. The van der Waals surface area contributed by atoms with E-state index in [0.717, 1.165) is 24.6 Å². The largest absolute Gasteiger partial charge is 0.480 e. The molecule has 0 heterocycles. The quantitative estimate of drug-likeness (QED) is 0.385. The molecule has 0 saturated heterocycles. The first-order valence-electron chi connectivity index (χ1n) is 6.31. The zero-order valence-electron chi connectivity index (χ0n) is 11.6. The minimum Gasteiger partial charge on any atom is -0.480 e. The minimum atomic E-state index is -1.19. The van der Waals surface area contributed by atoms with Crippen LogP contribution < -0.4 is 5.32 Å². The van der Waals surface area contributed by atoms with Crippen molar-refractivity contribution in [2.75, 3.05) is 19.0 Å². The smallest absolute Gasteiger partial charge is 0.327 e. The number of carboxylic acids is 1. The van der Waals surface area contributed by atoms with Crippen molar-refractivity contribution in [1.82, 2.24) is 5.32 Å². The summed E-state index contributed by atoms with van der Waals surface area (Å²) in [5.74, 6) is -2.26. The second-order valence-corrected chi connectivity index (χ2v) is 5.35. The van der Waals surface area contributed by atoms with Crippen molar-refractivity contribution in [3.63, 3.8) is 0 Å². The second-order valence-electron chi connectivity index (χ2n) is 4.12. The zero-order chi connectivity index (χ0) is 15.5. The molecule has 0 saturated carbocycles. The van der Waals surface area contributed by atoms with Gasteiger partial charge in [0.2, 0.25) is 5.91 Å². The summed E-state index contributed by atoms with van der Waals surface area (Å²) in [6.45, 7) is 3.00. The topological polar surface area (TPSA) is 113 Å². The van der Waals surface area contributed by atoms with Crippen molar-refractivity contribution in [3.8, 4) is 0 Å². The molecule has 0 aromatic carbocycles. The highest BCUT2D eigenvalue weighted by Gasteiger charge is 2.25. The van der Waals surface area contributed by atoms with E-state index in [2.05, 4.69) is 5.32 Å². The van der Waals surface area contributed by atoms with Gasteiger partial charge in [0.25, 0.3) is 0 Å². The number of aliphatic hydroxyl groups excluding tert-OH is 1. The lowest BCUT2D eigenvalue weighted by Crippen LogP contribution is -2.42. The van der Waals surface area contributed by atoms with E-state index >= 15 is 0 Å². The number of esters is 1. The zero-order valence-corrected chi connectivity index (χ0v) is 12.4. The number of thioether (sulfide) groups is 1. The number of rotatable bonds is 10. The number of aliphatic carboxylic acids is 1. The normalized spacial score (nSPS) is 13.3. The maximum atomic E-state index is 11.6. The Morgan fingerprint density at radius 1 is 1.35 bits per heavy atom. The van der Waals surface area contributed by atoms with Gasteiger partial charge in [0.15, 0.2) is 0 Å². The van der Waals surface area contributed by atoms with Gasteiger partial charge in [0.05, 0.1) is 13.2 Å². The maximum absolute atomic E-state index is 11.6. The number of carbonyl (C=O) groups is 3. The number of amides is 1. The lowest BCUT2D eigenvalue weighted by Gasteiger charge is -2.17. The number of unbranched alkanes of at least 4 members (excludes halogenated alkanes) is 1. The summed E-state index contributed by atoms with van der Waals surface area (Å²) in [6, 6.07) is -1.10. The maximum Gasteiger partial charge on any atom is 0.327 e. The molecule has 0 aliphatic heterocycles. The molecule has 0 rings (SSSR count). The lowest BCUT2D eigenvalue weighted by atomic mass is 10.3. The summed E-state index contributed by atoms with van der Waals surface area (Å²) < 4.78 is 4.95. The Hall–Kier alpha value is -1.28. The fourth-order valence-electron chi connectivity index (χ4n) is 1.24. The molecule has 1 amide bonds. The van der Waals surface area contributed by atoms with Crippen LogP contribution in [0.5, 0.6) is 0 Å². The third-order valence-corrected chi connectivity index (χ3v) is 3.58. The van der Waals surface area contributed by atoms with E-state index in [0.29, 0.717) is 0 Å². The molecule has 2 atom stereocenters. The molecule has 0 aromatic rings. The monoisotopic (exact) mass is 307 g/mol. The Bertz CT molecular complexity index is 336. The molecule has 7 nitrogen and oxygen atoms in total. The molecule has 0 aromatic heterocycles. The number of hydrogen-bond acceptors (Lipinski definition) is 6. The Morgan fingerprint density at radius 3 is 2.45 bits per heavy atom. The Balaban J connectivity index is 4.29. The van der Waals surface area contributed by atoms with Crippen LogP contribution in [0.3, 0.4) is 0 Å². The summed E-state index contributed by atoms with van der Waals surface area (Å²) in [6.07, 6.45) is 1.62. The Kier molecular flexibility index (Phi) is 9.83. The van der Waals surface area contributed by atoms with Gasteiger partial charge in [0.1, 0.15) is 11.3 Å². The first-order valence-corrected chi connectivity index (χ1v) is 7.36. The Labute approximate surface area is 122 Å². The Morgan fingerprint density at radius 2 is 2.00 bits per heavy atom. The van der Waals surface area contributed by atoms with Gasteiger partial charge in [-0.2, -0.15) is 0 Å². The summed E-state index contributed by atoms with van der Waals surface area (Å²) in [5, 5.41) is 19.5. The van der Waals surface area contributed by atoms with Gasteiger partial charge in [-0.3, -0.25) is 9.59 Å². The van der Waals surface area contributed by atoms with Gasteiger partial charge in [-0.25, -0.2) is 4.79 Å². The average molecular weight is 307 g/mol. The van der Waals surface area contributed by atoms with Crippen LogP contribution in [-0.2, 0) is 19.1 Å². The predicted octanol–water partition coefficient (Wildman–Crippen LogP) is 0.0131. The third kappa shape index (κ3) is 8.00. The molecule has 0 radical (unpaired) electrons. The third-order valence-electron chi connectivity index (χ3n) is 2.31. The van der Waals surface area contributed by atoms with Gasteiger partial charge < -0.3 is 20.3 Å². The average Bonchev–Trinajstić information content (AvgIpc) is 2.37. The number of carboxylic acid groups (broad SMARTS) is 1. The predicted molar refractivity (Wildman–Crippen MR) is 74.4 cm³/mol. The number of hydrogen-bond donors (Lipinski definition) is 3. The molecular formula is C12H21NO6S. The number of ether oxygens (including phenoxy) is 1. The van der Waals surface area contributed by atoms with Crippen molar-refractivity contribution < 1.29 is 29.3 Å². The fraction of sp³-hybridized carbons (Fsp3) is 0.750. The van der Waals surface area contributed by atoms with E-state index in [1.165, 1.54) is 6.92 Å². The second kappa shape index (κ2) is 10.5. The van der Waals surface area contributed by atoms with Crippen molar-refractivity contribution in [1.29, 1.82) is 0 Å². The van der Waals surface area contributed by atoms with Crippen LogP contribution in [0.15, 0.2) is 0 Å². The summed E-state index contributed by atoms with van der Waals surface area (Å²) in [7, 11) is 0. The molecule has 0 aliphatic rings. The number of aliphatic hydroxyl groups is 1. The van der Waals surface area contributed by atoms with Gasteiger partial charge >= 0.3 is 11.9 Å². The number of nitrogens with one attached hydrogen (secondary N) is 1. The molecule has 0 fully saturated rings. The fourth-order valence-corrected chi connectivity index (χ4v) is 2.20. The van der Waals surface area contributed by atoms with E-state index in [1.807, 2.05) is 6.92 Å².